The highest BCUT2D eigenvalue weighted by atomic mass is 31.2. The van der Waals surface area contributed by atoms with E-state index in [1.807, 2.05) is 0 Å². The van der Waals surface area contributed by atoms with Crippen molar-refractivity contribution in [1.82, 2.24) is 0 Å². The molecule has 0 saturated carbocycles. The van der Waals surface area contributed by atoms with Crippen molar-refractivity contribution < 1.29 is 80.2 Å². The Morgan fingerprint density at radius 3 is 0.687 bits per heavy atom. The molecule has 0 aromatic carbocycles. The monoisotopic (exact) mass is 1450 g/mol. The summed E-state index contributed by atoms with van der Waals surface area (Å²) in [7, 11) is -9.92. The SMILES string of the molecule is CCCCCCCCCCCCCCCCCCCCCCCC(=O)O[C@H](COC(=O)CCCCCCCCCCCCCC(C)C)COP(=O)(O)OC[C@@H](O)COP(=O)(O)OC[C@@H](COC(=O)CCCCCCCCCC(C)C)OC(=O)CCCCCCCCCCCCCCCC. The summed E-state index contributed by atoms with van der Waals surface area (Å²) in [5.74, 6) is -0.635. The van der Waals surface area contributed by atoms with Gasteiger partial charge in [0, 0.05) is 25.7 Å². The zero-order chi connectivity index (χ0) is 72.8. The molecule has 0 fully saturated rings. The Bertz CT molecular complexity index is 1910. The molecule has 99 heavy (non-hydrogen) atoms. The second kappa shape index (κ2) is 71.7. The van der Waals surface area contributed by atoms with Gasteiger partial charge in [-0.05, 0) is 37.5 Å². The van der Waals surface area contributed by atoms with Gasteiger partial charge >= 0.3 is 39.5 Å². The molecule has 0 amide bonds. The van der Waals surface area contributed by atoms with Gasteiger partial charge in [0.15, 0.2) is 12.2 Å². The maximum Gasteiger partial charge on any atom is 0.472 e. The summed E-state index contributed by atoms with van der Waals surface area (Å²) >= 11 is 0. The molecule has 0 heterocycles. The van der Waals surface area contributed by atoms with Gasteiger partial charge in [0.1, 0.15) is 19.3 Å². The molecule has 0 aromatic heterocycles. The second-order valence-electron chi connectivity index (χ2n) is 29.8. The van der Waals surface area contributed by atoms with Gasteiger partial charge in [-0.3, -0.25) is 37.3 Å². The first-order valence-electron chi connectivity index (χ1n) is 41.5. The molecule has 0 aliphatic rings. The molecule has 0 radical (unpaired) electrons. The quantitative estimate of drug-likeness (QED) is 0.0222. The lowest BCUT2D eigenvalue weighted by molar-refractivity contribution is -0.161. The summed E-state index contributed by atoms with van der Waals surface area (Å²) < 4.78 is 68.7. The molecule has 0 aliphatic heterocycles. The average molecular weight is 1450 g/mol. The van der Waals surface area contributed by atoms with Crippen LogP contribution in [0.3, 0.4) is 0 Å². The van der Waals surface area contributed by atoms with Crippen LogP contribution in [0.25, 0.3) is 0 Å². The molecule has 0 bridgehead atoms. The number of rotatable bonds is 79. The lowest BCUT2D eigenvalue weighted by atomic mass is 10.0. The van der Waals surface area contributed by atoms with Gasteiger partial charge in [0.05, 0.1) is 26.4 Å². The maximum absolute atomic E-state index is 13.1. The summed E-state index contributed by atoms with van der Waals surface area (Å²) in [5.41, 5.74) is 0. The highest BCUT2D eigenvalue weighted by Gasteiger charge is 2.30. The third-order valence-electron chi connectivity index (χ3n) is 18.7. The van der Waals surface area contributed by atoms with E-state index in [4.69, 9.17) is 37.0 Å². The van der Waals surface area contributed by atoms with Crippen molar-refractivity contribution >= 4 is 39.5 Å². The molecule has 0 saturated heterocycles. The van der Waals surface area contributed by atoms with Crippen molar-refractivity contribution in [1.29, 1.82) is 0 Å². The zero-order valence-corrected chi connectivity index (χ0v) is 66.6. The van der Waals surface area contributed by atoms with Crippen LogP contribution >= 0.6 is 15.6 Å². The molecule has 3 N–H and O–H groups in total. The summed E-state index contributed by atoms with van der Waals surface area (Å²) in [6.45, 7) is 9.58. The normalized spacial score (nSPS) is 13.9. The maximum atomic E-state index is 13.1. The lowest BCUT2D eigenvalue weighted by Crippen LogP contribution is -2.30. The number of unbranched alkanes of at least 4 members (excludes halogenated alkanes) is 49. The largest absolute Gasteiger partial charge is 0.472 e. The number of hydrogen-bond acceptors (Lipinski definition) is 15. The van der Waals surface area contributed by atoms with E-state index in [0.717, 1.165) is 102 Å². The highest BCUT2D eigenvalue weighted by molar-refractivity contribution is 7.47. The van der Waals surface area contributed by atoms with Crippen molar-refractivity contribution in [2.45, 2.75) is 439 Å². The van der Waals surface area contributed by atoms with Gasteiger partial charge in [-0.2, -0.15) is 0 Å². The molecule has 588 valence electrons. The first-order valence-corrected chi connectivity index (χ1v) is 44.5. The Morgan fingerprint density at radius 1 is 0.273 bits per heavy atom. The topological polar surface area (TPSA) is 237 Å². The zero-order valence-electron chi connectivity index (χ0n) is 64.8. The standard InChI is InChI=1S/C80H156O17P2/c1-7-9-11-13-15-17-19-21-23-24-25-26-27-28-29-31-35-40-46-53-59-65-79(84)96-75(68-90-77(82)62-56-50-44-38-36-32-33-37-42-48-54-60-72(3)4)70-94-98(86,87)92-66-74(81)67-93-99(88,89)95-71-76(69-91-78(83)63-57-51-47-41-43-49-55-61-73(5)6)97-80(85)64-58-52-45-39-34-30-22-20-18-16-14-12-10-8-2/h72-76,81H,7-71H2,1-6H3,(H,86,87)(H,88,89)/t74-,75-,76-/m1/s1. The predicted molar refractivity (Wildman–Crippen MR) is 405 cm³/mol. The number of phosphoric acid groups is 2. The number of carbonyl (C=O) groups excluding carboxylic acids is 4. The van der Waals surface area contributed by atoms with Crippen molar-refractivity contribution in [3.05, 3.63) is 0 Å². The number of esters is 4. The van der Waals surface area contributed by atoms with E-state index in [9.17, 15) is 43.2 Å². The van der Waals surface area contributed by atoms with Crippen LogP contribution in [0.5, 0.6) is 0 Å². The van der Waals surface area contributed by atoms with Gasteiger partial charge in [0.2, 0.25) is 0 Å². The van der Waals surface area contributed by atoms with Crippen LogP contribution in [0.4, 0.5) is 0 Å². The van der Waals surface area contributed by atoms with Crippen LogP contribution in [0, 0.1) is 11.8 Å². The van der Waals surface area contributed by atoms with Crippen molar-refractivity contribution in [3.63, 3.8) is 0 Å². The second-order valence-corrected chi connectivity index (χ2v) is 32.7. The lowest BCUT2D eigenvalue weighted by Gasteiger charge is -2.21. The van der Waals surface area contributed by atoms with Gasteiger partial charge in [-0.15, -0.1) is 0 Å². The number of aliphatic hydroxyl groups excluding tert-OH is 1. The van der Waals surface area contributed by atoms with Gasteiger partial charge in [-0.1, -0.05) is 369 Å². The number of phosphoric ester groups is 2. The third-order valence-corrected chi connectivity index (χ3v) is 20.6. The summed E-state index contributed by atoms with van der Waals surface area (Å²) in [5, 5.41) is 10.6. The van der Waals surface area contributed by atoms with Crippen molar-refractivity contribution in [2.75, 3.05) is 39.6 Å². The Morgan fingerprint density at radius 2 is 0.465 bits per heavy atom. The van der Waals surface area contributed by atoms with Gasteiger partial charge in [0.25, 0.3) is 0 Å². The van der Waals surface area contributed by atoms with Crippen LogP contribution in [0.1, 0.15) is 420 Å². The Hall–Kier alpha value is -1.94. The first kappa shape index (κ1) is 97.1. The van der Waals surface area contributed by atoms with E-state index in [1.54, 1.807) is 0 Å². The first-order chi connectivity index (χ1) is 47.9. The van der Waals surface area contributed by atoms with Crippen LogP contribution in [-0.2, 0) is 65.4 Å². The Balaban J connectivity index is 5.21. The fourth-order valence-corrected chi connectivity index (χ4v) is 13.9. The summed E-state index contributed by atoms with van der Waals surface area (Å²) in [6, 6.07) is 0. The van der Waals surface area contributed by atoms with Gasteiger partial charge in [-0.25, -0.2) is 9.13 Å². The van der Waals surface area contributed by atoms with E-state index in [1.165, 1.54) is 231 Å². The Kier molecular flexibility index (Phi) is 70.3. The minimum absolute atomic E-state index is 0.107. The molecule has 0 rings (SSSR count). The van der Waals surface area contributed by atoms with E-state index in [0.29, 0.717) is 31.6 Å². The fraction of sp³-hybridized carbons (Fsp3) is 0.950. The number of ether oxygens (including phenoxy) is 4. The molecule has 19 heteroatoms. The average Bonchev–Trinajstić information content (AvgIpc) is 0.957. The molecule has 5 atom stereocenters. The van der Waals surface area contributed by atoms with E-state index >= 15 is 0 Å². The van der Waals surface area contributed by atoms with Crippen molar-refractivity contribution in [2.24, 2.45) is 11.8 Å². The van der Waals surface area contributed by atoms with Crippen molar-refractivity contribution in [3.8, 4) is 0 Å². The molecule has 0 aliphatic carbocycles. The summed E-state index contributed by atoms with van der Waals surface area (Å²) in [4.78, 5) is 72.9. The minimum atomic E-state index is -4.96. The van der Waals surface area contributed by atoms with E-state index < -0.39 is 97.5 Å². The van der Waals surface area contributed by atoms with Gasteiger partial charge < -0.3 is 33.8 Å². The number of hydrogen-bond donors (Lipinski definition) is 3. The molecule has 0 spiro atoms. The van der Waals surface area contributed by atoms with Crippen LogP contribution < -0.4 is 0 Å². The molecule has 2 unspecified atom stereocenters. The number of aliphatic hydroxyl groups is 1. The van der Waals surface area contributed by atoms with Crippen LogP contribution in [0.2, 0.25) is 0 Å². The van der Waals surface area contributed by atoms with Crippen LogP contribution in [-0.4, -0.2) is 96.7 Å². The molecule has 0 aromatic rings. The molecular weight excluding hydrogens is 1290 g/mol. The van der Waals surface area contributed by atoms with E-state index in [-0.39, 0.29) is 25.7 Å². The highest BCUT2D eigenvalue weighted by Crippen LogP contribution is 2.45. The minimum Gasteiger partial charge on any atom is -0.462 e. The number of carbonyl (C=O) groups is 4. The summed E-state index contributed by atoms with van der Waals surface area (Å²) in [6.07, 6.45) is 61.2. The molecular formula is C80H156O17P2. The third kappa shape index (κ3) is 74.1. The Labute approximate surface area is 607 Å². The predicted octanol–water partition coefficient (Wildman–Crippen LogP) is 23.9. The van der Waals surface area contributed by atoms with Crippen LogP contribution in [0.15, 0.2) is 0 Å². The van der Waals surface area contributed by atoms with E-state index in [2.05, 4.69) is 41.5 Å². The fourth-order valence-electron chi connectivity index (χ4n) is 12.4. The smallest absolute Gasteiger partial charge is 0.462 e. The molecule has 17 nitrogen and oxygen atoms in total.